The van der Waals surface area contributed by atoms with Gasteiger partial charge in [0.15, 0.2) is 0 Å². The first-order chi connectivity index (χ1) is 15.7. The van der Waals surface area contributed by atoms with E-state index in [4.69, 9.17) is 11.6 Å². The molecule has 0 amide bonds. The number of nitrogens with one attached hydrogen (secondary N) is 1. The quantitative estimate of drug-likeness (QED) is 0.323. The molecule has 0 heterocycles. The highest BCUT2D eigenvalue weighted by atomic mass is 35.5. The number of carbonyl (C=O) groups is 1. The predicted molar refractivity (Wildman–Crippen MR) is 132 cm³/mol. The van der Waals surface area contributed by atoms with E-state index in [-0.39, 0.29) is 12.2 Å². The van der Waals surface area contributed by atoms with Crippen LogP contribution in [0.5, 0.6) is 0 Å². The maximum Gasteiger partial charge on any atom is 0.307 e. The molecular weight excluding hydrogens is 461 g/mol. The maximum atomic E-state index is 14.1. The lowest BCUT2D eigenvalue weighted by Gasteiger charge is -2.16. The average molecular weight is 482 g/mol. The number of hydrogen-bond donors (Lipinski definition) is 2. The Kier molecular flexibility index (Phi) is 6.49. The molecule has 0 aliphatic heterocycles. The Morgan fingerprint density at radius 3 is 2.45 bits per heavy atom. The van der Waals surface area contributed by atoms with Crippen molar-refractivity contribution in [1.29, 1.82) is 0 Å². The van der Waals surface area contributed by atoms with Crippen molar-refractivity contribution in [1.82, 2.24) is 0 Å². The molecule has 0 saturated carbocycles. The smallest absolute Gasteiger partial charge is 0.307 e. The SMILES string of the molecule is Cc1c(Cl)cccc1NS(=O)c1ccc(-c2c(C)c(CC(=O)O)cc3ccc(F)cc23)cc1. The summed E-state index contributed by atoms with van der Waals surface area (Å²) < 4.78 is 29.9. The third kappa shape index (κ3) is 4.77. The zero-order chi connectivity index (χ0) is 23.7. The van der Waals surface area contributed by atoms with Crippen LogP contribution in [0.2, 0.25) is 5.02 Å². The lowest BCUT2D eigenvalue weighted by atomic mass is 9.89. The zero-order valence-electron chi connectivity index (χ0n) is 18.0. The molecule has 0 spiro atoms. The highest BCUT2D eigenvalue weighted by Crippen LogP contribution is 2.35. The van der Waals surface area contributed by atoms with Crippen LogP contribution in [0.4, 0.5) is 10.1 Å². The number of benzene rings is 4. The molecule has 0 radical (unpaired) electrons. The molecule has 4 aromatic carbocycles. The molecule has 0 bridgehead atoms. The summed E-state index contributed by atoms with van der Waals surface area (Å²) in [5, 5.41) is 11.4. The fourth-order valence-electron chi connectivity index (χ4n) is 3.87. The van der Waals surface area contributed by atoms with Gasteiger partial charge in [0.05, 0.1) is 17.0 Å². The first kappa shape index (κ1) is 23.0. The molecule has 0 aliphatic carbocycles. The molecular formula is C26H21ClFNO3S. The standard InChI is InChI=1S/C26H21ClFNO3S/c1-15-19(13-25(30)31)12-18-6-9-20(28)14-22(18)26(15)17-7-10-21(11-8-17)33(32)29-24-5-3-4-23(27)16(24)2/h3-12,14,29H,13H2,1-2H3,(H,30,31). The van der Waals surface area contributed by atoms with E-state index >= 15 is 0 Å². The third-order valence-electron chi connectivity index (χ3n) is 5.64. The Morgan fingerprint density at radius 1 is 1.03 bits per heavy atom. The number of halogens is 2. The van der Waals surface area contributed by atoms with Gasteiger partial charge in [-0.2, -0.15) is 0 Å². The van der Waals surface area contributed by atoms with E-state index in [1.807, 2.05) is 32.0 Å². The fraction of sp³-hybridized carbons (Fsp3) is 0.115. The number of aliphatic carboxylic acids is 1. The molecule has 0 aromatic heterocycles. The molecule has 0 fully saturated rings. The normalized spacial score (nSPS) is 12.0. The van der Waals surface area contributed by atoms with Gasteiger partial charge in [0, 0.05) is 5.02 Å². The van der Waals surface area contributed by atoms with Gasteiger partial charge in [-0.15, -0.1) is 0 Å². The van der Waals surface area contributed by atoms with Crippen LogP contribution in [0.3, 0.4) is 0 Å². The van der Waals surface area contributed by atoms with E-state index in [0.717, 1.165) is 27.6 Å². The van der Waals surface area contributed by atoms with E-state index in [1.54, 1.807) is 36.4 Å². The minimum atomic E-state index is -1.51. The van der Waals surface area contributed by atoms with Gasteiger partial charge >= 0.3 is 5.97 Å². The monoisotopic (exact) mass is 481 g/mol. The summed E-state index contributed by atoms with van der Waals surface area (Å²) in [5.74, 6) is -1.30. The number of carboxylic acids is 1. The minimum Gasteiger partial charge on any atom is -0.481 e. The summed E-state index contributed by atoms with van der Waals surface area (Å²) in [4.78, 5) is 11.9. The van der Waals surface area contributed by atoms with Crippen molar-refractivity contribution in [2.24, 2.45) is 0 Å². The van der Waals surface area contributed by atoms with Crippen LogP contribution >= 0.6 is 11.6 Å². The predicted octanol–water partition coefficient (Wildman–Crippen LogP) is 6.68. The van der Waals surface area contributed by atoms with Crippen molar-refractivity contribution in [2.75, 3.05) is 4.72 Å². The van der Waals surface area contributed by atoms with Crippen LogP contribution < -0.4 is 4.72 Å². The van der Waals surface area contributed by atoms with Gasteiger partial charge in [-0.1, -0.05) is 41.9 Å². The van der Waals surface area contributed by atoms with Gasteiger partial charge in [-0.05, 0) is 88.8 Å². The highest BCUT2D eigenvalue weighted by Gasteiger charge is 2.16. The molecule has 33 heavy (non-hydrogen) atoms. The Bertz CT molecular complexity index is 1400. The first-order valence-electron chi connectivity index (χ1n) is 10.2. The lowest BCUT2D eigenvalue weighted by molar-refractivity contribution is -0.136. The third-order valence-corrected chi connectivity index (χ3v) is 7.16. The largest absolute Gasteiger partial charge is 0.481 e. The lowest BCUT2D eigenvalue weighted by Crippen LogP contribution is -2.06. The number of rotatable bonds is 6. The summed E-state index contributed by atoms with van der Waals surface area (Å²) >= 11 is 6.15. The van der Waals surface area contributed by atoms with Crippen molar-refractivity contribution in [3.05, 3.63) is 94.3 Å². The van der Waals surface area contributed by atoms with Crippen LogP contribution in [-0.4, -0.2) is 15.3 Å². The Hall–Kier alpha value is -3.22. The molecule has 0 aliphatic rings. The average Bonchev–Trinajstić information content (AvgIpc) is 2.78. The van der Waals surface area contributed by atoms with E-state index in [1.165, 1.54) is 12.1 Å². The van der Waals surface area contributed by atoms with E-state index in [2.05, 4.69) is 4.72 Å². The molecule has 168 valence electrons. The van der Waals surface area contributed by atoms with Gasteiger partial charge in [0.25, 0.3) is 0 Å². The molecule has 4 aromatic rings. The van der Waals surface area contributed by atoms with Gasteiger partial charge in [0.1, 0.15) is 16.8 Å². The number of carboxylic acid groups (broad SMARTS) is 1. The number of anilines is 1. The van der Waals surface area contributed by atoms with Gasteiger partial charge in [-0.3, -0.25) is 4.79 Å². The second kappa shape index (κ2) is 9.33. The van der Waals surface area contributed by atoms with Crippen LogP contribution in [0.1, 0.15) is 16.7 Å². The summed E-state index contributed by atoms with van der Waals surface area (Å²) in [6, 6.07) is 18.8. The Balaban J connectivity index is 1.74. The topological polar surface area (TPSA) is 66.4 Å². The summed E-state index contributed by atoms with van der Waals surface area (Å²) in [6.45, 7) is 3.69. The minimum absolute atomic E-state index is 0.128. The van der Waals surface area contributed by atoms with Gasteiger partial charge in [-0.25, -0.2) is 8.60 Å². The molecule has 4 nitrogen and oxygen atoms in total. The fourth-order valence-corrected chi connectivity index (χ4v) is 4.97. The Labute approximate surface area is 198 Å². The van der Waals surface area contributed by atoms with Crippen molar-refractivity contribution in [3.63, 3.8) is 0 Å². The summed E-state index contributed by atoms with van der Waals surface area (Å²) in [6.07, 6.45) is -0.128. The van der Waals surface area contributed by atoms with Crippen molar-refractivity contribution in [3.8, 4) is 11.1 Å². The molecule has 7 heteroatoms. The van der Waals surface area contributed by atoms with Crippen molar-refractivity contribution in [2.45, 2.75) is 25.2 Å². The van der Waals surface area contributed by atoms with E-state index in [9.17, 15) is 18.5 Å². The van der Waals surface area contributed by atoms with E-state index < -0.39 is 17.0 Å². The molecule has 2 N–H and O–H groups in total. The molecule has 1 atom stereocenters. The zero-order valence-corrected chi connectivity index (χ0v) is 19.6. The number of fused-ring (bicyclic) bond motifs is 1. The first-order valence-corrected chi connectivity index (χ1v) is 11.7. The van der Waals surface area contributed by atoms with Crippen LogP contribution in [0.15, 0.2) is 71.6 Å². The van der Waals surface area contributed by atoms with Crippen LogP contribution in [-0.2, 0) is 22.2 Å². The highest BCUT2D eigenvalue weighted by molar-refractivity contribution is 7.86. The Morgan fingerprint density at radius 2 is 1.76 bits per heavy atom. The maximum absolute atomic E-state index is 14.1. The van der Waals surface area contributed by atoms with Gasteiger partial charge in [0.2, 0.25) is 0 Å². The van der Waals surface area contributed by atoms with Crippen LogP contribution in [0, 0.1) is 19.7 Å². The van der Waals surface area contributed by atoms with E-state index in [0.29, 0.717) is 26.6 Å². The van der Waals surface area contributed by atoms with Crippen LogP contribution in [0.25, 0.3) is 21.9 Å². The molecule has 1 unspecified atom stereocenters. The summed E-state index contributed by atoms with van der Waals surface area (Å²) in [5.41, 5.74) is 4.49. The second-order valence-electron chi connectivity index (χ2n) is 7.78. The van der Waals surface area contributed by atoms with Gasteiger partial charge < -0.3 is 9.83 Å². The summed E-state index contributed by atoms with van der Waals surface area (Å²) in [7, 11) is -1.51. The second-order valence-corrected chi connectivity index (χ2v) is 9.40. The van der Waals surface area contributed by atoms with Crippen molar-refractivity contribution < 1.29 is 18.5 Å². The number of hydrogen-bond acceptors (Lipinski definition) is 2. The molecule has 4 rings (SSSR count). The molecule has 0 saturated heterocycles. The van der Waals surface area contributed by atoms with Crippen molar-refractivity contribution >= 4 is 45.0 Å².